The number of nitrogens with zero attached hydrogens (tertiary/aromatic N) is 2. The van der Waals surface area contributed by atoms with E-state index in [4.69, 9.17) is 5.73 Å². The fourth-order valence-electron chi connectivity index (χ4n) is 2.42. The molecule has 1 saturated heterocycles. The van der Waals surface area contributed by atoms with E-state index in [2.05, 4.69) is 4.98 Å². The van der Waals surface area contributed by atoms with E-state index in [0.717, 1.165) is 5.01 Å². The number of carbonyl (C=O) groups is 2. The van der Waals surface area contributed by atoms with Gasteiger partial charge in [-0.15, -0.1) is 23.1 Å². The summed E-state index contributed by atoms with van der Waals surface area (Å²) in [6.45, 7) is 2.27. The second-order valence-corrected chi connectivity index (χ2v) is 7.43. The van der Waals surface area contributed by atoms with Gasteiger partial charge in [-0.25, -0.2) is 9.37 Å². The summed E-state index contributed by atoms with van der Waals surface area (Å²) in [7, 11) is 0. The molecule has 0 spiro atoms. The predicted octanol–water partition coefficient (Wildman–Crippen LogP) is 2.26. The number of amides is 2. The van der Waals surface area contributed by atoms with E-state index in [1.807, 2.05) is 0 Å². The summed E-state index contributed by atoms with van der Waals surface area (Å²) in [5.74, 6) is -0.462. The molecule has 1 aliphatic rings. The third kappa shape index (κ3) is 3.09. The van der Waals surface area contributed by atoms with Gasteiger partial charge >= 0.3 is 0 Å². The normalized spacial score (nSPS) is 17.5. The molecule has 0 bridgehead atoms. The highest BCUT2D eigenvalue weighted by molar-refractivity contribution is 8.00. The summed E-state index contributed by atoms with van der Waals surface area (Å²) in [5.41, 5.74) is 6.55. The second-order valence-electron chi connectivity index (χ2n) is 5.04. The molecule has 0 aliphatic carbocycles. The van der Waals surface area contributed by atoms with Gasteiger partial charge in [0.15, 0.2) is 5.37 Å². The first-order chi connectivity index (χ1) is 11.0. The maximum Gasteiger partial charge on any atom is 0.267 e. The third-order valence-corrected chi connectivity index (χ3v) is 5.62. The van der Waals surface area contributed by atoms with Crippen molar-refractivity contribution >= 4 is 34.9 Å². The number of nitrogens with two attached hydrogens (primary N) is 1. The highest BCUT2D eigenvalue weighted by atomic mass is 32.2. The van der Waals surface area contributed by atoms with E-state index >= 15 is 0 Å². The Bertz CT molecular complexity index is 761. The topological polar surface area (TPSA) is 76.3 Å². The molecule has 8 heteroatoms. The SMILES string of the molecule is Cc1nc(-c2ccc(F)cc2)c(C(=O)N2CCSC2C(N)=O)s1. The van der Waals surface area contributed by atoms with Crippen LogP contribution in [0.1, 0.15) is 14.7 Å². The van der Waals surface area contributed by atoms with Gasteiger partial charge in [0.25, 0.3) is 11.8 Å². The van der Waals surface area contributed by atoms with Gasteiger partial charge in [-0.1, -0.05) is 0 Å². The lowest BCUT2D eigenvalue weighted by molar-refractivity contribution is -0.119. The van der Waals surface area contributed by atoms with Gasteiger partial charge in [0.2, 0.25) is 0 Å². The van der Waals surface area contributed by atoms with E-state index in [9.17, 15) is 14.0 Å². The first-order valence-electron chi connectivity index (χ1n) is 6.92. The van der Waals surface area contributed by atoms with Gasteiger partial charge in [0.05, 0.1) is 10.7 Å². The van der Waals surface area contributed by atoms with Gasteiger partial charge < -0.3 is 10.6 Å². The first-order valence-corrected chi connectivity index (χ1v) is 8.79. The Morgan fingerprint density at radius 2 is 2.04 bits per heavy atom. The second kappa shape index (κ2) is 6.29. The number of hydrogen-bond acceptors (Lipinski definition) is 5. The van der Waals surface area contributed by atoms with Crippen molar-refractivity contribution in [3.8, 4) is 11.3 Å². The standard InChI is InChI=1S/C15H14FN3O2S2/c1-8-18-11(9-2-4-10(16)5-3-9)12(23-8)14(21)19-6-7-22-15(19)13(17)20/h2-5,15H,6-7H2,1H3,(H2,17,20). The van der Waals surface area contributed by atoms with E-state index in [-0.39, 0.29) is 11.7 Å². The minimum atomic E-state index is -0.647. The molecule has 1 fully saturated rings. The molecule has 1 aromatic heterocycles. The Hall–Kier alpha value is -1.93. The van der Waals surface area contributed by atoms with Crippen LogP contribution in [0.2, 0.25) is 0 Å². The van der Waals surface area contributed by atoms with Crippen molar-refractivity contribution in [1.82, 2.24) is 9.88 Å². The van der Waals surface area contributed by atoms with Crippen molar-refractivity contribution in [3.63, 3.8) is 0 Å². The van der Waals surface area contributed by atoms with E-state index in [1.165, 1.54) is 40.1 Å². The summed E-state index contributed by atoms with van der Waals surface area (Å²) >= 11 is 2.62. The Morgan fingerprint density at radius 1 is 1.35 bits per heavy atom. The fourth-order valence-corrected chi connectivity index (χ4v) is 4.39. The summed E-state index contributed by atoms with van der Waals surface area (Å²) in [5, 5.41) is 0.0844. The van der Waals surface area contributed by atoms with Crippen LogP contribution in [0.5, 0.6) is 0 Å². The number of thioether (sulfide) groups is 1. The van der Waals surface area contributed by atoms with Crippen molar-refractivity contribution in [2.45, 2.75) is 12.3 Å². The van der Waals surface area contributed by atoms with Crippen molar-refractivity contribution in [3.05, 3.63) is 40.0 Å². The number of carbonyl (C=O) groups excluding carboxylic acids is 2. The molecule has 1 atom stereocenters. The predicted molar refractivity (Wildman–Crippen MR) is 88.7 cm³/mol. The van der Waals surface area contributed by atoms with Crippen LogP contribution in [0.3, 0.4) is 0 Å². The lowest BCUT2D eigenvalue weighted by atomic mass is 10.1. The van der Waals surface area contributed by atoms with Gasteiger partial charge in [-0.05, 0) is 31.2 Å². The van der Waals surface area contributed by atoms with E-state index < -0.39 is 11.3 Å². The van der Waals surface area contributed by atoms with Crippen molar-refractivity contribution in [2.24, 2.45) is 5.73 Å². The molecule has 0 radical (unpaired) electrons. The molecule has 2 heterocycles. The average molecular weight is 351 g/mol. The van der Waals surface area contributed by atoms with Crippen LogP contribution in [-0.2, 0) is 4.79 Å². The number of rotatable bonds is 3. The summed E-state index contributed by atoms with van der Waals surface area (Å²) in [6, 6.07) is 5.84. The summed E-state index contributed by atoms with van der Waals surface area (Å²) < 4.78 is 13.1. The molecule has 1 aromatic carbocycles. The minimum absolute atomic E-state index is 0.260. The van der Waals surface area contributed by atoms with Crippen LogP contribution >= 0.6 is 23.1 Å². The average Bonchev–Trinajstić information content (AvgIpc) is 3.14. The first kappa shape index (κ1) is 15.9. The molecule has 2 aromatic rings. The van der Waals surface area contributed by atoms with Gasteiger partial charge in [0.1, 0.15) is 10.7 Å². The quantitative estimate of drug-likeness (QED) is 0.920. The molecule has 3 rings (SSSR count). The zero-order chi connectivity index (χ0) is 16.6. The molecule has 5 nitrogen and oxygen atoms in total. The smallest absolute Gasteiger partial charge is 0.267 e. The lowest BCUT2D eigenvalue weighted by Crippen LogP contribution is -2.42. The Kier molecular flexibility index (Phi) is 4.36. The van der Waals surface area contributed by atoms with Gasteiger partial charge in [-0.3, -0.25) is 9.59 Å². The lowest BCUT2D eigenvalue weighted by Gasteiger charge is -2.20. The zero-order valence-corrected chi connectivity index (χ0v) is 13.9. The van der Waals surface area contributed by atoms with Gasteiger partial charge in [-0.2, -0.15) is 0 Å². The van der Waals surface area contributed by atoms with Crippen molar-refractivity contribution < 1.29 is 14.0 Å². The molecular formula is C15H14FN3O2S2. The van der Waals surface area contributed by atoms with Crippen LogP contribution in [0.4, 0.5) is 4.39 Å². The number of aryl methyl sites for hydroxylation is 1. The molecule has 1 aliphatic heterocycles. The molecular weight excluding hydrogens is 337 g/mol. The monoisotopic (exact) mass is 351 g/mol. The van der Waals surface area contributed by atoms with Crippen LogP contribution in [0.15, 0.2) is 24.3 Å². The summed E-state index contributed by atoms with van der Waals surface area (Å²) in [4.78, 5) is 30.7. The highest BCUT2D eigenvalue weighted by Gasteiger charge is 2.35. The molecule has 1 unspecified atom stereocenters. The van der Waals surface area contributed by atoms with E-state index in [0.29, 0.717) is 28.4 Å². The highest BCUT2D eigenvalue weighted by Crippen LogP contribution is 2.32. The maximum absolute atomic E-state index is 13.1. The summed E-state index contributed by atoms with van der Waals surface area (Å²) in [6.07, 6.45) is 0. The number of aromatic nitrogens is 1. The van der Waals surface area contributed by atoms with Crippen LogP contribution in [-0.4, -0.2) is 39.4 Å². The molecule has 2 amide bonds. The Morgan fingerprint density at radius 3 is 2.70 bits per heavy atom. The number of benzene rings is 1. The van der Waals surface area contributed by atoms with Crippen LogP contribution in [0.25, 0.3) is 11.3 Å². The molecule has 2 N–H and O–H groups in total. The number of thiazole rings is 1. The van der Waals surface area contributed by atoms with E-state index in [1.54, 1.807) is 19.1 Å². The molecule has 23 heavy (non-hydrogen) atoms. The zero-order valence-electron chi connectivity index (χ0n) is 12.3. The fraction of sp³-hybridized carbons (Fsp3) is 0.267. The van der Waals surface area contributed by atoms with Crippen LogP contribution < -0.4 is 5.73 Å². The van der Waals surface area contributed by atoms with Crippen LogP contribution in [0, 0.1) is 12.7 Å². The molecule has 0 saturated carbocycles. The van der Waals surface area contributed by atoms with Crippen molar-refractivity contribution in [1.29, 1.82) is 0 Å². The Labute approximate surface area is 140 Å². The van der Waals surface area contributed by atoms with Gasteiger partial charge in [0, 0.05) is 17.9 Å². The van der Waals surface area contributed by atoms with Crippen molar-refractivity contribution in [2.75, 3.05) is 12.3 Å². The third-order valence-electron chi connectivity index (χ3n) is 3.44. The number of primary amides is 1. The maximum atomic E-state index is 13.1. The number of halogens is 1. The minimum Gasteiger partial charge on any atom is -0.367 e. The molecule has 120 valence electrons. The largest absolute Gasteiger partial charge is 0.367 e. The number of hydrogen-bond donors (Lipinski definition) is 1. The Balaban J connectivity index is 1.98.